The molecule has 1 aliphatic heterocycles. The molecule has 10 heteroatoms. The number of hydrogen-bond donors (Lipinski definition) is 2. The molecule has 0 aliphatic carbocycles. The summed E-state index contributed by atoms with van der Waals surface area (Å²) in [6, 6.07) is 3.27. The molecule has 2 aromatic heterocycles. The molecule has 3 heterocycles. The van der Waals surface area contributed by atoms with Crippen LogP contribution in [-0.4, -0.2) is 33.9 Å². The van der Waals surface area contributed by atoms with Crippen LogP contribution in [0.5, 0.6) is 0 Å². The molecule has 0 radical (unpaired) electrons. The number of fused-ring (bicyclic) bond motifs is 3. The lowest BCUT2D eigenvalue weighted by atomic mass is 10.1. The minimum atomic E-state index is -4.68. The van der Waals surface area contributed by atoms with Gasteiger partial charge in [-0.1, -0.05) is 0 Å². The number of nitrogens with zero attached hydrogens (tertiary/aromatic N) is 2. The molecule has 1 fully saturated rings. The molecule has 1 aliphatic rings. The van der Waals surface area contributed by atoms with Gasteiger partial charge in [0.05, 0.1) is 28.8 Å². The van der Waals surface area contributed by atoms with E-state index in [4.69, 9.17) is 0 Å². The molecule has 0 bridgehead atoms. The molecule has 0 saturated carbocycles. The Labute approximate surface area is 161 Å². The molecule has 1 aromatic carbocycles. The molecule has 4 rings (SSSR count). The van der Waals surface area contributed by atoms with E-state index in [0.717, 1.165) is 18.2 Å². The molecule has 2 atom stereocenters. The van der Waals surface area contributed by atoms with Gasteiger partial charge in [0.1, 0.15) is 5.65 Å². The van der Waals surface area contributed by atoms with E-state index < -0.39 is 35.6 Å². The topological polar surface area (TPSA) is 50.1 Å². The Hall–Kier alpha value is -2.33. The molecule has 2 N–H and O–H groups in total. The van der Waals surface area contributed by atoms with Crippen LogP contribution in [0.3, 0.4) is 0 Å². The third kappa shape index (κ3) is 3.55. The summed E-state index contributed by atoms with van der Waals surface area (Å²) in [5.74, 6) is 0. The smallest absolute Gasteiger partial charge is 0.390 e. The van der Waals surface area contributed by atoms with Crippen LogP contribution in [0, 0.1) is 0 Å². The molecule has 0 spiro atoms. The monoisotopic (exact) mass is 417 g/mol. The highest BCUT2D eigenvalue weighted by Gasteiger charge is 2.35. The van der Waals surface area contributed by atoms with Crippen molar-refractivity contribution in [3.05, 3.63) is 41.6 Å². The minimum absolute atomic E-state index is 0.0228. The number of hydrogen-bond acceptors (Lipinski definition) is 3. The lowest BCUT2D eigenvalue weighted by molar-refractivity contribution is -0.138. The fourth-order valence-electron chi connectivity index (χ4n) is 3.91. The number of nitrogens with one attached hydrogen (secondary N) is 1. The number of pyridine rings is 1. The van der Waals surface area contributed by atoms with Gasteiger partial charge in [-0.3, -0.25) is 0 Å². The maximum Gasteiger partial charge on any atom is 0.417 e. The van der Waals surface area contributed by atoms with Crippen molar-refractivity contribution >= 4 is 21.9 Å². The molecule has 3 aromatic rings. The van der Waals surface area contributed by atoms with E-state index in [1.165, 1.54) is 6.07 Å². The van der Waals surface area contributed by atoms with Gasteiger partial charge in [-0.15, -0.1) is 0 Å². The number of aromatic nitrogens is 2. The summed E-state index contributed by atoms with van der Waals surface area (Å²) in [7, 11) is 0. The predicted octanol–water partition coefficient (Wildman–Crippen LogP) is 4.51. The van der Waals surface area contributed by atoms with Crippen molar-refractivity contribution in [2.45, 2.75) is 37.3 Å². The zero-order valence-electron chi connectivity index (χ0n) is 15.0. The van der Waals surface area contributed by atoms with Gasteiger partial charge in [0.2, 0.25) is 0 Å². The van der Waals surface area contributed by atoms with Crippen LogP contribution < -0.4 is 5.32 Å². The average Bonchev–Trinajstić information content (AvgIpc) is 2.80. The minimum Gasteiger partial charge on any atom is -0.390 e. The van der Waals surface area contributed by atoms with Crippen molar-refractivity contribution in [2.75, 3.05) is 13.1 Å². The maximum atomic E-state index is 13.2. The summed E-state index contributed by atoms with van der Waals surface area (Å²) < 4.78 is 80.8. The van der Waals surface area contributed by atoms with Crippen molar-refractivity contribution in [2.24, 2.45) is 0 Å². The Morgan fingerprint density at radius 2 is 1.69 bits per heavy atom. The molecule has 29 heavy (non-hydrogen) atoms. The summed E-state index contributed by atoms with van der Waals surface area (Å²) in [6.07, 6.45) is -8.29. The van der Waals surface area contributed by atoms with Crippen molar-refractivity contribution in [3.8, 4) is 0 Å². The number of rotatable bonds is 1. The van der Waals surface area contributed by atoms with Crippen molar-refractivity contribution < 1.29 is 31.4 Å². The van der Waals surface area contributed by atoms with Gasteiger partial charge in [-0.25, -0.2) is 4.98 Å². The first kappa shape index (κ1) is 20.0. The fraction of sp³-hybridized carbons (Fsp3) is 0.421. The molecular weight excluding hydrogens is 400 g/mol. The van der Waals surface area contributed by atoms with E-state index in [9.17, 15) is 31.4 Å². The number of aliphatic hydroxyl groups is 1. The van der Waals surface area contributed by atoms with E-state index in [0.29, 0.717) is 31.1 Å². The molecule has 156 valence electrons. The van der Waals surface area contributed by atoms with Crippen molar-refractivity contribution in [3.63, 3.8) is 0 Å². The van der Waals surface area contributed by atoms with Gasteiger partial charge in [-0.05, 0) is 43.7 Å². The summed E-state index contributed by atoms with van der Waals surface area (Å²) in [5, 5.41) is 13.6. The first-order valence-corrected chi connectivity index (χ1v) is 9.04. The highest BCUT2D eigenvalue weighted by Crippen LogP contribution is 2.40. The van der Waals surface area contributed by atoms with Crippen LogP contribution in [0.2, 0.25) is 0 Å². The normalized spacial score (nSPS) is 21.6. The molecule has 1 saturated heterocycles. The molecule has 0 unspecified atom stereocenters. The van der Waals surface area contributed by atoms with Crippen LogP contribution >= 0.6 is 0 Å². The number of β-amino-alcohol motifs (C(OH)–C–C–N with tert-alkyl or cyclic N) is 1. The number of aliphatic hydroxyl groups excluding tert-OH is 1. The maximum absolute atomic E-state index is 13.2. The first-order valence-electron chi connectivity index (χ1n) is 9.04. The molecule has 4 nitrogen and oxygen atoms in total. The largest absolute Gasteiger partial charge is 0.417 e. The molecular formula is C19H17F6N3O. The summed E-state index contributed by atoms with van der Waals surface area (Å²) >= 11 is 0. The second-order valence-electron chi connectivity index (χ2n) is 7.17. The Kier molecular flexibility index (Phi) is 4.73. The second-order valence-corrected chi connectivity index (χ2v) is 7.17. The first-order chi connectivity index (χ1) is 13.6. The van der Waals surface area contributed by atoms with Crippen LogP contribution in [0.15, 0.2) is 30.5 Å². The Balaban J connectivity index is 2.03. The van der Waals surface area contributed by atoms with Crippen LogP contribution in [0.1, 0.15) is 30.0 Å². The van der Waals surface area contributed by atoms with E-state index in [2.05, 4.69) is 10.3 Å². The van der Waals surface area contributed by atoms with E-state index in [-0.39, 0.29) is 23.0 Å². The van der Waals surface area contributed by atoms with Crippen molar-refractivity contribution in [1.82, 2.24) is 14.9 Å². The number of alkyl halides is 6. The third-order valence-corrected chi connectivity index (χ3v) is 5.28. The second kappa shape index (κ2) is 6.88. The summed E-state index contributed by atoms with van der Waals surface area (Å²) in [4.78, 5) is 3.95. The summed E-state index contributed by atoms with van der Waals surface area (Å²) in [6.45, 7) is 0.932. The number of benzene rings is 1. The fourth-order valence-corrected chi connectivity index (χ4v) is 3.91. The van der Waals surface area contributed by atoms with E-state index >= 15 is 0 Å². The van der Waals surface area contributed by atoms with Gasteiger partial charge in [0, 0.05) is 23.5 Å². The number of halogens is 6. The highest BCUT2D eigenvalue weighted by molar-refractivity contribution is 6.07. The third-order valence-electron chi connectivity index (χ3n) is 5.28. The predicted molar refractivity (Wildman–Crippen MR) is 94.4 cm³/mol. The van der Waals surface area contributed by atoms with Gasteiger partial charge >= 0.3 is 12.4 Å². The summed E-state index contributed by atoms with van der Waals surface area (Å²) in [5.41, 5.74) is -1.56. The van der Waals surface area contributed by atoms with E-state index in [1.54, 1.807) is 4.57 Å². The lowest BCUT2D eigenvalue weighted by Crippen LogP contribution is -2.31. The van der Waals surface area contributed by atoms with Crippen LogP contribution in [0.4, 0.5) is 26.3 Å². The van der Waals surface area contributed by atoms with E-state index in [1.807, 2.05) is 0 Å². The van der Waals surface area contributed by atoms with Gasteiger partial charge in [0.15, 0.2) is 0 Å². The zero-order valence-corrected chi connectivity index (χ0v) is 15.0. The standard InChI is InChI=1S/C19H17F6N3O/c20-18(21,22)10-3-4-14-12(6-10)13-7-11(19(23,24)25)8-27-17(13)28(14)15-2-1-5-26-9-16(15)29/h3-4,6-8,15-16,26,29H,1-2,5,9H2/t15-,16-/m1/s1. The van der Waals surface area contributed by atoms with Gasteiger partial charge < -0.3 is 15.0 Å². The van der Waals surface area contributed by atoms with Gasteiger partial charge in [-0.2, -0.15) is 26.3 Å². The Morgan fingerprint density at radius 3 is 2.38 bits per heavy atom. The SMILES string of the molecule is O[C@@H]1CNCCC[C@H]1n1c2ccc(C(F)(F)F)cc2c2cc(C(F)(F)F)cnc21. The van der Waals surface area contributed by atoms with Crippen LogP contribution in [0.25, 0.3) is 21.9 Å². The van der Waals surface area contributed by atoms with Crippen LogP contribution in [-0.2, 0) is 12.4 Å². The van der Waals surface area contributed by atoms with Crippen molar-refractivity contribution in [1.29, 1.82) is 0 Å². The zero-order chi connectivity index (χ0) is 21.0. The Bertz CT molecular complexity index is 985. The van der Waals surface area contributed by atoms with Gasteiger partial charge in [0.25, 0.3) is 0 Å². The highest BCUT2D eigenvalue weighted by atomic mass is 19.4. The lowest BCUT2D eigenvalue weighted by Gasteiger charge is -2.23. The average molecular weight is 417 g/mol. The Morgan fingerprint density at radius 1 is 1.00 bits per heavy atom. The molecule has 0 amide bonds. The quantitative estimate of drug-likeness (QED) is 0.573.